The molecular formula is C11H18N2O2. The van der Waals surface area contributed by atoms with Crippen LogP contribution in [0.2, 0.25) is 0 Å². The van der Waals surface area contributed by atoms with E-state index in [4.69, 9.17) is 4.52 Å². The molecule has 1 aromatic heterocycles. The molecule has 1 atom stereocenters. The molecule has 0 N–H and O–H groups in total. The van der Waals surface area contributed by atoms with E-state index in [1.54, 1.807) is 6.92 Å². The van der Waals surface area contributed by atoms with Crippen molar-refractivity contribution in [2.45, 2.75) is 52.4 Å². The molecule has 0 aliphatic rings. The van der Waals surface area contributed by atoms with E-state index in [9.17, 15) is 4.79 Å². The number of rotatable bonds is 5. The fraction of sp³-hybridized carbons (Fsp3) is 0.727. The Labute approximate surface area is 90.1 Å². The number of hydrogen-bond acceptors (Lipinski definition) is 4. The van der Waals surface area contributed by atoms with Crippen LogP contribution in [0.4, 0.5) is 0 Å². The van der Waals surface area contributed by atoms with Crippen molar-refractivity contribution in [3.8, 4) is 0 Å². The van der Waals surface area contributed by atoms with Crippen LogP contribution >= 0.6 is 0 Å². The summed E-state index contributed by atoms with van der Waals surface area (Å²) in [5, 5.41) is 3.89. The van der Waals surface area contributed by atoms with Gasteiger partial charge in [-0.15, -0.1) is 0 Å². The molecule has 0 saturated carbocycles. The second kappa shape index (κ2) is 5.05. The molecule has 1 rings (SSSR count). The van der Waals surface area contributed by atoms with Crippen molar-refractivity contribution in [1.29, 1.82) is 0 Å². The summed E-state index contributed by atoms with van der Waals surface area (Å²) in [5.41, 5.74) is 0. The van der Waals surface area contributed by atoms with Gasteiger partial charge in [0.15, 0.2) is 5.82 Å². The third-order valence-electron chi connectivity index (χ3n) is 2.35. The summed E-state index contributed by atoms with van der Waals surface area (Å²) in [7, 11) is 0. The van der Waals surface area contributed by atoms with Crippen LogP contribution in [0, 0.1) is 0 Å². The number of nitrogens with zero attached hydrogens (tertiary/aromatic N) is 2. The highest BCUT2D eigenvalue weighted by molar-refractivity contribution is 5.76. The van der Waals surface area contributed by atoms with Gasteiger partial charge in [-0.3, -0.25) is 0 Å². The van der Waals surface area contributed by atoms with Crippen molar-refractivity contribution in [3.05, 3.63) is 11.7 Å². The molecule has 15 heavy (non-hydrogen) atoms. The molecule has 0 radical (unpaired) electrons. The first-order valence-corrected chi connectivity index (χ1v) is 5.37. The first-order valence-electron chi connectivity index (χ1n) is 5.37. The molecule has 0 spiro atoms. The minimum absolute atomic E-state index is 0.0718. The first-order chi connectivity index (χ1) is 7.04. The number of ketones is 1. The maximum absolute atomic E-state index is 11.0. The third-order valence-corrected chi connectivity index (χ3v) is 2.35. The molecule has 0 fully saturated rings. The zero-order chi connectivity index (χ0) is 11.4. The smallest absolute Gasteiger partial charge is 0.230 e. The van der Waals surface area contributed by atoms with Gasteiger partial charge in [0.1, 0.15) is 5.78 Å². The van der Waals surface area contributed by atoms with Crippen LogP contribution in [0.1, 0.15) is 64.1 Å². The quantitative estimate of drug-likeness (QED) is 0.749. The highest BCUT2D eigenvalue weighted by Gasteiger charge is 2.19. The Morgan fingerprint density at radius 1 is 1.47 bits per heavy atom. The molecule has 0 amide bonds. The summed E-state index contributed by atoms with van der Waals surface area (Å²) in [6.45, 7) is 7.64. The summed E-state index contributed by atoms with van der Waals surface area (Å²) < 4.78 is 5.17. The molecule has 0 aliphatic heterocycles. The maximum Gasteiger partial charge on any atom is 0.230 e. The van der Waals surface area contributed by atoms with Gasteiger partial charge in [-0.05, 0) is 13.3 Å². The molecule has 1 aromatic rings. The number of Topliss-reactive ketones (excluding diaryl/α,β-unsaturated/α-hetero) is 1. The predicted octanol–water partition coefficient (Wildman–Crippen LogP) is 2.67. The summed E-state index contributed by atoms with van der Waals surface area (Å²) in [6, 6.07) is 0. The zero-order valence-corrected chi connectivity index (χ0v) is 9.78. The van der Waals surface area contributed by atoms with Crippen molar-refractivity contribution in [2.24, 2.45) is 0 Å². The Kier molecular flexibility index (Phi) is 4.00. The zero-order valence-electron chi connectivity index (χ0n) is 9.78. The number of hydrogen-bond donors (Lipinski definition) is 0. The maximum atomic E-state index is 11.0. The predicted molar refractivity (Wildman–Crippen MR) is 56.7 cm³/mol. The van der Waals surface area contributed by atoms with E-state index in [2.05, 4.69) is 10.1 Å². The number of aromatic nitrogens is 2. The fourth-order valence-electron chi connectivity index (χ4n) is 1.40. The van der Waals surface area contributed by atoms with Gasteiger partial charge >= 0.3 is 0 Å². The lowest BCUT2D eigenvalue weighted by Gasteiger charge is -2.06. The molecule has 0 aliphatic carbocycles. The Hall–Kier alpha value is -1.19. The fourth-order valence-corrected chi connectivity index (χ4v) is 1.40. The second-order valence-electron chi connectivity index (χ2n) is 4.16. The average Bonchev–Trinajstić information content (AvgIpc) is 2.62. The Morgan fingerprint density at radius 2 is 2.13 bits per heavy atom. The van der Waals surface area contributed by atoms with E-state index in [0.29, 0.717) is 18.1 Å². The standard InChI is InChI=1S/C11H18N2O2/c1-5-9(6-8(4)14)11-12-10(7(2)3)13-15-11/h7,9H,5-6H2,1-4H3. The second-order valence-corrected chi connectivity index (χ2v) is 4.16. The van der Waals surface area contributed by atoms with Gasteiger partial charge < -0.3 is 9.32 Å². The monoisotopic (exact) mass is 210 g/mol. The van der Waals surface area contributed by atoms with Crippen molar-refractivity contribution < 1.29 is 9.32 Å². The van der Waals surface area contributed by atoms with E-state index < -0.39 is 0 Å². The van der Waals surface area contributed by atoms with Gasteiger partial charge in [-0.1, -0.05) is 25.9 Å². The summed E-state index contributed by atoms with van der Waals surface area (Å²) in [5.74, 6) is 1.80. The Balaban J connectivity index is 2.78. The SMILES string of the molecule is CCC(CC(C)=O)c1nc(C(C)C)no1. The van der Waals surface area contributed by atoms with Gasteiger partial charge in [-0.25, -0.2) is 0 Å². The minimum Gasteiger partial charge on any atom is -0.339 e. The van der Waals surface area contributed by atoms with Crippen LogP contribution in [0.25, 0.3) is 0 Å². The summed E-state index contributed by atoms with van der Waals surface area (Å²) in [6.07, 6.45) is 1.33. The lowest BCUT2D eigenvalue weighted by atomic mass is 10.0. The Bertz CT molecular complexity index is 331. The molecule has 0 bridgehead atoms. The molecule has 1 heterocycles. The lowest BCUT2D eigenvalue weighted by molar-refractivity contribution is -0.117. The highest BCUT2D eigenvalue weighted by Crippen LogP contribution is 2.23. The molecular weight excluding hydrogens is 192 g/mol. The minimum atomic E-state index is 0.0718. The summed E-state index contributed by atoms with van der Waals surface area (Å²) >= 11 is 0. The van der Waals surface area contributed by atoms with Gasteiger partial charge in [0.25, 0.3) is 0 Å². The van der Waals surface area contributed by atoms with E-state index >= 15 is 0 Å². The van der Waals surface area contributed by atoms with Crippen LogP contribution in [-0.4, -0.2) is 15.9 Å². The van der Waals surface area contributed by atoms with Crippen molar-refractivity contribution in [1.82, 2.24) is 10.1 Å². The van der Waals surface area contributed by atoms with E-state index in [-0.39, 0.29) is 17.6 Å². The number of carbonyl (C=O) groups is 1. The first kappa shape index (κ1) is 11.9. The number of carbonyl (C=O) groups excluding carboxylic acids is 1. The Morgan fingerprint density at radius 3 is 2.53 bits per heavy atom. The van der Waals surface area contributed by atoms with Crippen molar-refractivity contribution >= 4 is 5.78 Å². The third kappa shape index (κ3) is 3.15. The van der Waals surface area contributed by atoms with Crippen molar-refractivity contribution in [3.63, 3.8) is 0 Å². The average molecular weight is 210 g/mol. The summed E-state index contributed by atoms with van der Waals surface area (Å²) in [4.78, 5) is 15.3. The van der Waals surface area contributed by atoms with Crippen molar-refractivity contribution in [2.75, 3.05) is 0 Å². The largest absolute Gasteiger partial charge is 0.339 e. The van der Waals surface area contributed by atoms with Crippen LogP contribution in [0.5, 0.6) is 0 Å². The van der Waals surface area contributed by atoms with Gasteiger partial charge in [-0.2, -0.15) is 4.98 Å². The molecule has 4 heteroatoms. The van der Waals surface area contributed by atoms with Gasteiger partial charge in [0.05, 0.1) is 0 Å². The normalized spacial score (nSPS) is 13.1. The highest BCUT2D eigenvalue weighted by atomic mass is 16.5. The van der Waals surface area contributed by atoms with Gasteiger partial charge in [0, 0.05) is 18.3 Å². The van der Waals surface area contributed by atoms with Crippen LogP contribution < -0.4 is 0 Å². The molecule has 0 aromatic carbocycles. The lowest BCUT2D eigenvalue weighted by Crippen LogP contribution is -2.04. The van der Waals surface area contributed by atoms with Gasteiger partial charge in [0.2, 0.25) is 5.89 Å². The van der Waals surface area contributed by atoms with E-state index in [1.807, 2.05) is 20.8 Å². The molecule has 0 saturated heterocycles. The van der Waals surface area contributed by atoms with E-state index in [1.165, 1.54) is 0 Å². The van der Waals surface area contributed by atoms with E-state index in [0.717, 1.165) is 6.42 Å². The van der Waals surface area contributed by atoms with Crippen LogP contribution in [-0.2, 0) is 4.79 Å². The molecule has 1 unspecified atom stereocenters. The molecule has 84 valence electrons. The molecule has 4 nitrogen and oxygen atoms in total. The van der Waals surface area contributed by atoms with Crippen LogP contribution in [0.3, 0.4) is 0 Å². The van der Waals surface area contributed by atoms with Crippen LogP contribution in [0.15, 0.2) is 4.52 Å². The topological polar surface area (TPSA) is 56.0 Å².